The van der Waals surface area contributed by atoms with Crippen LogP contribution in [0.1, 0.15) is 5.56 Å². The lowest BCUT2D eigenvalue weighted by Gasteiger charge is -2.27. The molecule has 3 aliphatic rings. The highest BCUT2D eigenvalue weighted by molar-refractivity contribution is 8.14. The number of amidine groups is 2. The predicted octanol–water partition coefficient (Wildman–Crippen LogP) is 0.612. The first kappa shape index (κ1) is 17.7. The zero-order chi connectivity index (χ0) is 19.3. The molecular weight excluding hydrogens is 366 g/mol. The molecule has 1 fully saturated rings. The van der Waals surface area contributed by atoms with Crippen molar-refractivity contribution in [3.05, 3.63) is 29.8 Å². The standard InChI is InChI=1S/C18H20N5O3S/c1-20-15-14(16(25)22(3)18(26)21(15)2)19-17(20)27-10-13(24)23-9-8-11-6-4-5-7-12(11)23/h4-7,14H,8-10H2,1-3H3/q+1. The summed E-state index contributed by atoms with van der Waals surface area (Å²) in [5.74, 6) is 0.410. The normalized spacial score (nSPS) is 21.7. The number of amides is 4. The van der Waals surface area contributed by atoms with Gasteiger partial charge in [0.2, 0.25) is 5.91 Å². The zero-order valence-corrected chi connectivity index (χ0v) is 16.2. The van der Waals surface area contributed by atoms with Gasteiger partial charge in [-0.15, -0.1) is 4.99 Å². The second-order valence-corrected chi connectivity index (χ2v) is 7.63. The number of urea groups is 1. The zero-order valence-electron chi connectivity index (χ0n) is 15.4. The van der Waals surface area contributed by atoms with Crippen molar-refractivity contribution in [2.24, 2.45) is 4.99 Å². The molecule has 0 spiro atoms. The maximum atomic E-state index is 12.7. The van der Waals surface area contributed by atoms with Gasteiger partial charge in [0.15, 0.2) is 0 Å². The maximum Gasteiger partial charge on any atom is 0.388 e. The highest BCUT2D eigenvalue weighted by atomic mass is 32.2. The quantitative estimate of drug-likeness (QED) is 0.698. The molecule has 3 heterocycles. The Hall–Kier alpha value is -2.68. The lowest BCUT2D eigenvalue weighted by molar-refractivity contribution is -0.367. The number of carbonyl (C=O) groups excluding carboxylic acids is 3. The Morgan fingerprint density at radius 1 is 1.26 bits per heavy atom. The van der Waals surface area contributed by atoms with E-state index in [0.717, 1.165) is 17.0 Å². The number of carbonyl (C=O) groups is 3. The summed E-state index contributed by atoms with van der Waals surface area (Å²) >= 11 is 1.29. The van der Waals surface area contributed by atoms with Crippen molar-refractivity contribution < 1.29 is 19.0 Å². The summed E-state index contributed by atoms with van der Waals surface area (Å²) in [6, 6.07) is 6.80. The fourth-order valence-corrected chi connectivity index (χ4v) is 4.52. The first-order valence-electron chi connectivity index (χ1n) is 8.65. The number of aliphatic imine (C=N–C) groups is 1. The number of thioether (sulfide) groups is 1. The molecule has 0 bridgehead atoms. The summed E-state index contributed by atoms with van der Waals surface area (Å²) in [5.41, 5.74) is 2.15. The van der Waals surface area contributed by atoms with Gasteiger partial charge in [0.25, 0.3) is 23.0 Å². The van der Waals surface area contributed by atoms with Crippen LogP contribution in [0, 0.1) is 0 Å². The summed E-state index contributed by atoms with van der Waals surface area (Å²) in [4.78, 5) is 46.0. The molecule has 140 valence electrons. The molecule has 4 rings (SSSR count). The molecule has 1 atom stereocenters. The number of imide groups is 1. The van der Waals surface area contributed by atoms with Gasteiger partial charge in [-0.05, 0) is 29.8 Å². The lowest BCUT2D eigenvalue weighted by Crippen LogP contribution is -2.59. The van der Waals surface area contributed by atoms with Crippen LogP contribution < -0.4 is 4.90 Å². The number of nitrogens with zero attached hydrogens (tertiary/aromatic N) is 5. The van der Waals surface area contributed by atoms with Gasteiger partial charge in [-0.3, -0.25) is 14.5 Å². The largest absolute Gasteiger partial charge is 0.388 e. The molecule has 1 aromatic carbocycles. The minimum absolute atomic E-state index is 0.00815. The average molecular weight is 386 g/mol. The minimum Gasteiger partial charge on any atom is -0.311 e. The summed E-state index contributed by atoms with van der Waals surface area (Å²) in [5, 5.41) is 0.569. The third-order valence-electron chi connectivity index (χ3n) is 5.11. The SMILES string of the molecule is CN1C(=O)C2N=C(SCC(=O)N3CCc4ccccc43)[N+](C)=C2N(C)C1=O. The number of hydrogen-bond donors (Lipinski definition) is 0. The second kappa shape index (κ2) is 6.49. The van der Waals surface area contributed by atoms with Crippen molar-refractivity contribution in [3.8, 4) is 0 Å². The van der Waals surface area contributed by atoms with Crippen molar-refractivity contribution in [2.45, 2.75) is 12.5 Å². The number of fused-ring (bicyclic) bond motifs is 2. The highest BCUT2D eigenvalue weighted by Crippen LogP contribution is 2.28. The lowest BCUT2D eigenvalue weighted by atomic mass is 10.2. The molecule has 1 saturated heterocycles. The van der Waals surface area contributed by atoms with E-state index in [-0.39, 0.29) is 23.6 Å². The third kappa shape index (κ3) is 2.73. The monoisotopic (exact) mass is 386 g/mol. The summed E-state index contributed by atoms with van der Waals surface area (Å²) in [6.45, 7) is 0.682. The van der Waals surface area contributed by atoms with Crippen LogP contribution in [0.3, 0.4) is 0 Å². The van der Waals surface area contributed by atoms with Gasteiger partial charge in [0, 0.05) is 19.3 Å². The van der Waals surface area contributed by atoms with E-state index in [0.29, 0.717) is 17.5 Å². The van der Waals surface area contributed by atoms with E-state index < -0.39 is 6.04 Å². The second-order valence-electron chi connectivity index (χ2n) is 6.68. The van der Waals surface area contributed by atoms with Crippen molar-refractivity contribution >= 4 is 46.3 Å². The van der Waals surface area contributed by atoms with Gasteiger partial charge in [-0.1, -0.05) is 18.2 Å². The van der Waals surface area contributed by atoms with E-state index in [4.69, 9.17) is 0 Å². The van der Waals surface area contributed by atoms with Crippen molar-refractivity contribution in [1.29, 1.82) is 0 Å². The van der Waals surface area contributed by atoms with E-state index in [1.54, 1.807) is 23.6 Å². The van der Waals surface area contributed by atoms with Crippen LogP contribution in [0.15, 0.2) is 29.3 Å². The number of hydrogen-bond acceptors (Lipinski definition) is 5. The summed E-state index contributed by atoms with van der Waals surface area (Å²) in [7, 11) is 4.84. The molecule has 1 aromatic rings. The third-order valence-corrected chi connectivity index (χ3v) is 6.14. The van der Waals surface area contributed by atoms with Gasteiger partial charge < -0.3 is 4.90 Å². The molecule has 0 aliphatic carbocycles. The molecule has 0 radical (unpaired) electrons. The first-order chi connectivity index (χ1) is 12.9. The number of anilines is 1. The fourth-order valence-electron chi connectivity index (χ4n) is 3.65. The van der Waals surface area contributed by atoms with Crippen LogP contribution in [-0.4, -0.2) is 82.7 Å². The molecule has 4 amide bonds. The topological polar surface area (TPSA) is 76.3 Å². The van der Waals surface area contributed by atoms with E-state index in [9.17, 15) is 14.4 Å². The van der Waals surface area contributed by atoms with Gasteiger partial charge in [0.1, 0.15) is 0 Å². The predicted molar refractivity (Wildman–Crippen MR) is 103 cm³/mol. The molecule has 9 heteroatoms. The molecule has 0 N–H and O–H groups in total. The van der Waals surface area contributed by atoms with E-state index in [2.05, 4.69) is 4.99 Å². The number of para-hydroxylation sites is 1. The molecule has 8 nitrogen and oxygen atoms in total. The Kier molecular flexibility index (Phi) is 4.26. The molecule has 0 aromatic heterocycles. The molecule has 0 saturated carbocycles. The summed E-state index contributed by atoms with van der Waals surface area (Å²) < 4.78 is 1.73. The van der Waals surface area contributed by atoms with Gasteiger partial charge in [0.05, 0.1) is 19.8 Å². The smallest absolute Gasteiger partial charge is 0.311 e. The molecule has 3 aliphatic heterocycles. The van der Waals surface area contributed by atoms with Crippen LogP contribution >= 0.6 is 11.8 Å². The Bertz CT molecular complexity index is 925. The Labute approximate surface area is 161 Å². The average Bonchev–Trinajstić information content (AvgIpc) is 3.24. The van der Waals surface area contributed by atoms with Crippen molar-refractivity contribution in [3.63, 3.8) is 0 Å². The van der Waals surface area contributed by atoms with Crippen molar-refractivity contribution in [2.75, 3.05) is 38.3 Å². The Morgan fingerprint density at radius 3 is 2.78 bits per heavy atom. The van der Waals surface area contributed by atoms with Crippen molar-refractivity contribution in [1.82, 2.24) is 9.80 Å². The maximum absolute atomic E-state index is 12.7. The van der Waals surface area contributed by atoms with Crippen LogP contribution in [0.2, 0.25) is 0 Å². The van der Waals surface area contributed by atoms with E-state index in [1.807, 2.05) is 24.3 Å². The first-order valence-corrected chi connectivity index (χ1v) is 9.63. The van der Waals surface area contributed by atoms with Crippen LogP contribution in [0.4, 0.5) is 10.5 Å². The Morgan fingerprint density at radius 2 is 2.00 bits per heavy atom. The molecular formula is C18H20N5O3S+. The number of benzene rings is 1. The van der Waals surface area contributed by atoms with Gasteiger partial charge in [-0.2, -0.15) is 0 Å². The Balaban J connectivity index is 1.50. The summed E-state index contributed by atoms with van der Waals surface area (Å²) in [6.07, 6.45) is 0.862. The van der Waals surface area contributed by atoms with E-state index >= 15 is 0 Å². The van der Waals surface area contributed by atoms with Gasteiger partial charge >= 0.3 is 6.03 Å². The molecule has 1 unspecified atom stereocenters. The highest BCUT2D eigenvalue weighted by Gasteiger charge is 2.51. The van der Waals surface area contributed by atoms with Gasteiger partial charge in [-0.25, -0.2) is 14.3 Å². The van der Waals surface area contributed by atoms with Crippen LogP contribution in [-0.2, 0) is 16.0 Å². The fraction of sp³-hybridized carbons (Fsp3) is 0.389. The van der Waals surface area contributed by atoms with Crippen LogP contribution in [0.5, 0.6) is 0 Å². The van der Waals surface area contributed by atoms with Crippen LogP contribution in [0.25, 0.3) is 0 Å². The van der Waals surface area contributed by atoms with E-state index in [1.165, 1.54) is 29.3 Å². The minimum atomic E-state index is -0.729. The number of rotatable bonds is 2. The number of likely N-dealkylation sites (N-methyl/N-ethyl adjacent to an activating group) is 2. The molecule has 27 heavy (non-hydrogen) atoms.